The van der Waals surface area contributed by atoms with Gasteiger partial charge in [-0.05, 0) is 50.2 Å². The predicted molar refractivity (Wildman–Crippen MR) is 113 cm³/mol. The molecule has 0 aliphatic heterocycles. The maximum atomic E-state index is 13.1. The molecule has 0 radical (unpaired) electrons. The van der Waals surface area contributed by atoms with Crippen molar-refractivity contribution in [3.63, 3.8) is 0 Å². The molecular formula is C21H20FN5O3S. The molecule has 4 rings (SSSR count). The Balaban J connectivity index is 1.61. The van der Waals surface area contributed by atoms with Crippen LogP contribution in [0.15, 0.2) is 65.8 Å². The molecule has 1 atom stereocenters. The molecule has 0 aliphatic carbocycles. The van der Waals surface area contributed by atoms with E-state index in [0.29, 0.717) is 23.5 Å². The fourth-order valence-corrected chi connectivity index (χ4v) is 4.71. The van der Waals surface area contributed by atoms with Crippen molar-refractivity contribution in [2.45, 2.75) is 31.3 Å². The van der Waals surface area contributed by atoms with Crippen molar-refractivity contribution in [1.29, 1.82) is 0 Å². The number of halogens is 1. The molecule has 0 saturated heterocycles. The normalized spacial score (nSPS) is 12.7. The number of hydrogen-bond acceptors (Lipinski definition) is 6. The van der Waals surface area contributed by atoms with Crippen LogP contribution in [0.3, 0.4) is 0 Å². The van der Waals surface area contributed by atoms with E-state index < -0.39 is 16.1 Å². The van der Waals surface area contributed by atoms with Gasteiger partial charge in [0.1, 0.15) is 11.6 Å². The van der Waals surface area contributed by atoms with E-state index in [9.17, 15) is 12.8 Å². The third-order valence-corrected chi connectivity index (χ3v) is 6.33. The molecule has 2 heterocycles. The van der Waals surface area contributed by atoms with E-state index in [1.54, 1.807) is 48.1 Å². The lowest BCUT2D eigenvalue weighted by atomic mass is 10.2. The Morgan fingerprint density at radius 1 is 1.13 bits per heavy atom. The first-order valence-electron chi connectivity index (χ1n) is 9.60. The average molecular weight is 441 g/mol. The third-order valence-electron chi connectivity index (χ3n) is 4.73. The minimum absolute atomic E-state index is 0.157. The number of aromatic nitrogens is 4. The predicted octanol–water partition coefficient (Wildman–Crippen LogP) is 3.82. The van der Waals surface area contributed by atoms with Crippen LogP contribution in [-0.4, -0.2) is 28.2 Å². The highest BCUT2D eigenvalue weighted by atomic mass is 32.2. The number of pyridine rings is 1. The second kappa shape index (κ2) is 8.40. The van der Waals surface area contributed by atoms with Gasteiger partial charge < -0.3 is 4.74 Å². The molecular weight excluding hydrogens is 421 g/mol. The van der Waals surface area contributed by atoms with Gasteiger partial charge in [0.25, 0.3) is 0 Å². The Labute approximate surface area is 178 Å². The van der Waals surface area contributed by atoms with Crippen LogP contribution in [0.25, 0.3) is 10.8 Å². The van der Waals surface area contributed by atoms with E-state index in [0.717, 1.165) is 5.39 Å². The fraction of sp³-hybridized carbons (Fsp3) is 0.190. The van der Waals surface area contributed by atoms with Crippen molar-refractivity contribution in [3.8, 4) is 11.8 Å². The summed E-state index contributed by atoms with van der Waals surface area (Å²) in [5.74, 6) is 0.412. The summed E-state index contributed by atoms with van der Waals surface area (Å²) in [4.78, 5) is 4.19. The second-order valence-corrected chi connectivity index (χ2v) is 8.52. The number of rotatable bonds is 7. The molecule has 0 fully saturated rings. The summed E-state index contributed by atoms with van der Waals surface area (Å²) in [7, 11) is -3.86. The van der Waals surface area contributed by atoms with Crippen LogP contribution >= 0.6 is 0 Å². The zero-order valence-electron chi connectivity index (χ0n) is 16.9. The third kappa shape index (κ3) is 4.25. The first kappa shape index (κ1) is 20.9. The van der Waals surface area contributed by atoms with Crippen LogP contribution in [0.5, 0.6) is 11.8 Å². The van der Waals surface area contributed by atoms with E-state index >= 15 is 0 Å². The Morgan fingerprint density at radius 3 is 2.65 bits per heavy atom. The molecule has 1 N–H and O–H groups in total. The van der Waals surface area contributed by atoms with E-state index in [2.05, 4.69) is 19.9 Å². The molecule has 2 aromatic heterocycles. The standard InChI is InChI=1S/C21H20FN5O3S/c1-3-27-20(24-25-21(27)30-17-9-7-16(22)8-10-17)14(2)26-31(28,29)19-6-4-5-15-13-23-12-11-18(15)19/h4-14,26H,3H2,1-2H3/t14-/m1/s1. The van der Waals surface area contributed by atoms with Crippen LogP contribution in [0.4, 0.5) is 4.39 Å². The maximum Gasteiger partial charge on any atom is 0.322 e. The molecule has 2 aromatic carbocycles. The summed E-state index contributed by atoms with van der Waals surface area (Å²) in [5.41, 5.74) is 0. The van der Waals surface area contributed by atoms with Crippen molar-refractivity contribution >= 4 is 20.8 Å². The molecule has 10 heteroatoms. The summed E-state index contributed by atoms with van der Waals surface area (Å²) < 4.78 is 49.3. The van der Waals surface area contributed by atoms with E-state index in [-0.39, 0.29) is 16.7 Å². The lowest BCUT2D eigenvalue weighted by Crippen LogP contribution is -2.29. The van der Waals surface area contributed by atoms with Crippen LogP contribution in [0.1, 0.15) is 25.7 Å². The summed E-state index contributed by atoms with van der Waals surface area (Å²) in [5, 5.41) is 9.45. The van der Waals surface area contributed by atoms with Crippen molar-refractivity contribution < 1.29 is 17.5 Å². The SMILES string of the molecule is CCn1c(Oc2ccc(F)cc2)nnc1[C@@H](C)NS(=O)(=O)c1cccc2cnccc12. The fourth-order valence-electron chi connectivity index (χ4n) is 3.28. The Kier molecular flexibility index (Phi) is 5.66. The van der Waals surface area contributed by atoms with E-state index in [1.807, 2.05) is 6.92 Å². The lowest BCUT2D eigenvalue weighted by molar-refractivity contribution is 0.407. The van der Waals surface area contributed by atoms with E-state index in [4.69, 9.17) is 4.74 Å². The van der Waals surface area contributed by atoms with Gasteiger partial charge in [0.15, 0.2) is 5.82 Å². The van der Waals surface area contributed by atoms with Gasteiger partial charge >= 0.3 is 6.01 Å². The second-order valence-electron chi connectivity index (χ2n) is 6.84. The largest absolute Gasteiger partial charge is 0.424 e. The van der Waals surface area contributed by atoms with Crippen LogP contribution in [-0.2, 0) is 16.6 Å². The van der Waals surface area contributed by atoms with Gasteiger partial charge in [-0.1, -0.05) is 17.2 Å². The molecule has 0 bridgehead atoms. The van der Waals surface area contributed by atoms with Gasteiger partial charge in [0, 0.05) is 29.7 Å². The summed E-state index contributed by atoms with van der Waals surface area (Å²) in [6.45, 7) is 4.00. The van der Waals surface area contributed by atoms with Gasteiger partial charge in [0.2, 0.25) is 10.0 Å². The summed E-state index contributed by atoms with van der Waals surface area (Å²) in [6.07, 6.45) is 3.17. The number of hydrogen-bond donors (Lipinski definition) is 1. The number of ether oxygens (including phenoxy) is 1. The number of nitrogens with zero attached hydrogens (tertiary/aromatic N) is 4. The van der Waals surface area contributed by atoms with Crippen LogP contribution < -0.4 is 9.46 Å². The Morgan fingerprint density at radius 2 is 1.90 bits per heavy atom. The number of benzene rings is 2. The minimum atomic E-state index is -3.86. The first-order valence-corrected chi connectivity index (χ1v) is 11.1. The topological polar surface area (TPSA) is 99.0 Å². The molecule has 8 nitrogen and oxygen atoms in total. The monoisotopic (exact) mass is 441 g/mol. The lowest BCUT2D eigenvalue weighted by Gasteiger charge is -2.16. The molecule has 0 amide bonds. The average Bonchev–Trinajstić information content (AvgIpc) is 3.17. The van der Waals surface area contributed by atoms with Gasteiger partial charge in [-0.15, -0.1) is 5.10 Å². The van der Waals surface area contributed by atoms with Crippen molar-refractivity contribution in [3.05, 3.63) is 72.6 Å². The van der Waals surface area contributed by atoms with E-state index in [1.165, 1.54) is 24.3 Å². The highest BCUT2D eigenvalue weighted by molar-refractivity contribution is 7.89. The molecule has 0 unspecified atom stereocenters. The molecule has 4 aromatic rings. The Hall–Kier alpha value is -3.37. The van der Waals surface area contributed by atoms with Gasteiger partial charge in [0.05, 0.1) is 10.9 Å². The molecule has 0 aliphatic rings. The van der Waals surface area contributed by atoms with Crippen molar-refractivity contribution in [1.82, 2.24) is 24.5 Å². The highest BCUT2D eigenvalue weighted by Gasteiger charge is 2.25. The minimum Gasteiger partial charge on any atom is -0.424 e. The van der Waals surface area contributed by atoms with Crippen molar-refractivity contribution in [2.75, 3.05) is 0 Å². The van der Waals surface area contributed by atoms with Gasteiger partial charge in [-0.25, -0.2) is 17.5 Å². The van der Waals surface area contributed by atoms with Gasteiger partial charge in [-0.3, -0.25) is 9.55 Å². The quantitative estimate of drug-likeness (QED) is 0.468. The maximum absolute atomic E-state index is 13.1. The van der Waals surface area contributed by atoms with Crippen LogP contribution in [0, 0.1) is 5.82 Å². The number of nitrogens with one attached hydrogen (secondary N) is 1. The molecule has 0 saturated carbocycles. The smallest absolute Gasteiger partial charge is 0.322 e. The summed E-state index contributed by atoms with van der Waals surface area (Å²) in [6, 6.07) is 11.7. The van der Waals surface area contributed by atoms with Crippen LogP contribution in [0.2, 0.25) is 0 Å². The Bertz CT molecular complexity index is 1320. The highest BCUT2D eigenvalue weighted by Crippen LogP contribution is 2.26. The van der Waals surface area contributed by atoms with Crippen molar-refractivity contribution in [2.24, 2.45) is 0 Å². The number of fused-ring (bicyclic) bond motifs is 1. The van der Waals surface area contributed by atoms with Gasteiger partial charge in [-0.2, -0.15) is 0 Å². The molecule has 31 heavy (non-hydrogen) atoms. The first-order chi connectivity index (χ1) is 14.9. The summed E-state index contributed by atoms with van der Waals surface area (Å²) >= 11 is 0. The molecule has 160 valence electrons. The molecule has 0 spiro atoms. The number of sulfonamides is 1. The zero-order valence-corrected chi connectivity index (χ0v) is 17.7. The zero-order chi connectivity index (χ0) is 22.0.